The Labute approximate surface area is 272 Å². The van der Waals surface area contributed by atoms with Gasteiger partial charge in [0.15, 0.2) is 0 Å². The SMILES string of the molecule is C=C1CCC(C2CCC(OCCCCCCCCCCCCOc3ccc(-c4ccc(OC(=O)C(=C)C)cc4)cc3)CC2)CO1. The van der Waals surface area contributed by atoms with Crippen LogP contribution in [0.4, 0.5) is 0 Å². The largest absolute Gasteiger partial charge is 0.498 e. The number of unbranched alkanes of at least 4 members (excludes halogenated alkanes) is 9. The Bertz CT molecular complexity index is 1150. The minimum absolute atomic E-state index is 0.384. The van der Waals surface area contributed by atoms with Crippen molar-refractivity contribution in [3.63, 3.8) is 0 Å². The molecule has 0 amide bonds. The van der Waals surface area contributed by atoms with E-state index < -0.39 is 5.97 Å². The normalized spacial score (nSPS) is 19.9. The Balaban J connectivity index is 0.924. The topological polar surface area (TPSA) is 54.0 Å². The molecule has 1 aliphatic heterocycles. The summed E-state index contributed by atoms with van der Waals surface area (Å²) in [6, 6.07) is 15.7. The van der Waals surface area contributed by atoms with E-state index in [2.05, 4.69) is 25.3 Å². The molecular weight excluding hydrogens is 560 g/mol. The quantitative estimate of drug-likeness (QED) is 0.0680. The molecule has 1 heterocycles. The summed E-state index contributed by atoms with van der Waals surface area (Å²) in [5.74, 6) is 3.56. The van der Waals surface area contributed by atoms with Crippen LogP contribution in [0.1, 0.15) is 110 Å². The molecule has 1 unspecified atom stereocenters. The second-order valence-corrected chi connectivity index (χ2v) is 13.2. The van der Waals surface area contributed by atoms with Crippen molar-refractivity contribution in [3.05, 3.63) is 73.0 Å². The number of hydrogen-bond acceptors (Lipinski definition) is 5. The van der Waals surface area contributed by atoms with Crippen LogP contribution in [0.5, 0.6) is 11.5 Å². The Hall–Kier alpha value is -3.05. The van der Waals surface area contributed by atoms with E-state index in [0.717, 1.165) is 67.1 Å². The zero-order valence-corrected chi connectivity index (χ0v) is 27.7. The fraction of sp³-hybridized carbons (Fsp3) is 0.575. The highest BCUT2D eigenvalue weighted by atomic mass is 16.5. The molecule has 0 N–H and O–H groups in total. The van der Waals surface area contributed by atoms with Crippen LogP contribution in [0, 0.1) is 11.8 Å². The third kappa shape index (κ3) is 12.7. The summed E-state index contributed by atoms with van der Waals surface area (Å²) >= 11 is 0. The van der Waals surface area contributed by atoms with E-state index in [0.29, 0.717) is 17.4 Å². The fourth-order valence-corrected chi connectivity index (χ4v) is 6.54. The Morgan fingerprint density at radius 3 is 1.78 bits per heavy atom. The third-order valence-electron chi connectivity index (χ3n) is 9.44. The number of hydrogen-bond donors (Lipinski definition) is 0. The van der Waals surface area contributed by atoms with Crippen LogP contribution in [-0.2, 0) is 14.3 Å². The van der Waals surface area contributed by atoms with Gasteiger partial charge in [0, 0.05) is 18.6 Å². The minimum Gasteiger partial charge on any atom is -0.498 e. The molecule has 1 saturated heterocycles. The molecule has 0 spiro atoms. The molecule has 5 heteroatoms. The molecule has 5 nitrogen and oxygen atoms in total. The van der Waals surface area contributed by atoms with Crippen LogP contribution < -0.4 is 9.47 Å². The van der Waals surface area contributed by atoms with E-state index in [1.165, 1.54) is 89.9 Å². The van der Waals surface area contributed by atoms with Crippen molar-refractivity contribution in [2.75, 3.05) is 19.8 Å². The number of carbonyl (C=O) groups excluding carboxylic acids is 1. The first-order chi connectivity index (χ1) is 22.0. The predicted octanol–water partition coefficient (Wildman–Crippen LogP) is 10.6. The smallest absolute Gasteiger partial charge is 0.338 e. The van der Waals surface area contributed by atoms with Gasteiger partial charge in [-0.25, -0.2) is 4.79 Å². The molecule has 0 radical (unpaired) electrons. The van der Waals surface area contributed by atoms with Gasteiger partial charge in [0.1, 0.15) is 11.5 Å². The number of esters is 1. The molecule has 2 aromatic rings. The van der Waals surface area contributed by atoms with Gasteiger partial charge in [-0.1, -0.05) is 88.8 Å². The van der Waals surface area contributed by atoms with Gasteiger partial charge in [-0.15, -0.1) is 0 Å². The van der Waals surface area contributed by atoms with Gasteiger partial charge in [0.2, 0.25) is 0 Å². The van der Waals surface area contributed by atoms with Crippen molar-refractivity contribution in [1.82, 2.24) is 0 Å². The minimum atomic E-state index is -0.408. The van der Waals surface area contributed by atoms with Crippen molar-refractivity contribution >= 4 is 5.97 Å². The fourth-order valence-electron chi connectivity index (χ4n) is 6.54. The number of carbonyl (C=O) groups is 1. The molecule has 2 aliphatic rings. The summed E-state index contributed by atoms with van der Waals surface area (Å²) in [5.41, 5.74) is 2.54. The van der Waals surface area contributed by atoms with E-state index in [4.69, 9.17) is 18.9 Å². The van der Waals surface area contributed by atoms with E-state index in [1.54, 1.807) is 19.1 Å². The molecule has 0 aromatic heterocycles. The average Bonchev–Trinajstić information content (AvgIpc) is 3.06. The molecule has 1 aliphatic carbocycles. The lowest BCUT2D eigenvalue weighted by Gasteiger charge is -2.36. The molecule has 45 heavy (non-hydrogen) atoms. The second-order valence-electron chi connectivity index (χ2n) is 13.2. The molecule has 246 valence electrons. The van der Waals surface area contributed by atoms with Gasteiger partial charge in [0.25, 0.3) is 0 Å². The lowest BCUT2D eigenvalue weighted by atomic mass is 9.77. The maximum Gasteiger partial charge on any atom is 0.338 e. The van der Waals surface area contributed by atoms with Crippen LogP contribution in [0.15, 0.2) is 73.0 Å². The van der Waals surface area contributed by atoms with Crippen LogP contribution in [0.2, 0.25) is 0 Å². The standard InChI is InChI=1S/C40H56O5/c1-31(2)40(41)45-39-26-20-34(21-27-39)33-16-22-37(23-17-33)42-28-12-10-8-6-4-5-7-9-11-13-29-43-38-24-18-35(19-25-38)36-15-14-32(3)44-30-36/h16-17,20-23,26-27,35-36,38H,1,3-15,18-19,24-25,28-30H2,2H3. The molecular formula is C40H56O5. The molecule has 0 bridgehead atoms. The van der Waals surface area contributed by atoms with E-state index in [-0.39, 0.29) is 0 Å². The maximum atomic E-state index is 11.7. The summed E-state index contributed by atoms with van der Waals surface area (Å²) in [6.07, 6.45) is 20.7. The van der Waals surface area contributed by atoms with E-state index in [9.17, 15) is 4.79 Å². The van der Waals surface area contributed by atoms with E-state index in [1.807, 2.05) is 24.3 Å². The zero-order valence-electron chi connectivity index (χ0n) is 27.7. The highest BCUT2D eigenvalue weighted by Gasteiger charge is 2.30. The highest BCUT2D eigenvalue weighted by molar-refractivity contribution is 5.88. The van der Waals surface area contributed by atoms with Crippen molar-refractivity contribution in [1.29, 1.82) is 0 Å². The van der Waals surface area contributed by atoms with Gasteiger partial charge < -0.3 is 18.9 Å². The highest BCUT2D eigenvalue weighted by Crippen LogP contribution is 2.37. The molecule has 1 saturated carbocycles. The summed E-state index contributed by atoms with van der Waals surface area (Å²) in [4.78, 5) is 11.7. The first-order valence-corrected chi connectivity index (χ1v) is 17.6. The predicted molar refractivity (Wildman–Crippen MR) is 184 cm³/mol. The first-order valence-electron chi connectivity index (χ1n) is 17.6. The first kappa shape index (κ1) is 34.8. The lowest BCUT2D eigenvalue weighted by Crippen LogP contribution is -2.30. The summed E-state index contributed by atoms with van der Waals surface area (Å²) < 4.78 is 23.2. The average molecular weight is 617 g/mol. The monoisotopic (exact) mass is 616 g/mol. The summed E-state index contributed by atoms with van der Waals surface area (Å²) in [7, 11) is 0. The molecule has 2 fully saturated rings. The molecule has 1 atom stereocenters. The van der Waals surface area contributed by atoms with Crippen molar-refractivity contribution in [2.24, 2.45) is 11.8 Å². The maximum absolute atomic E-state index is 11.7. The van der Waals surface area contributed by atoms with Crippen LogP contribution in [0.3, 0.4) is 0 Å². The van der Waals surface area contributed by atoms with Gasteiger partial charge in [-0.2, -0.15) is 0 Å². The zero-order chi connectivity index (χ0) is 31.7. The Morgan fingerprint density at radius 2 is 1.24 bits per heavy atom. The van der Waals surface area contributed by atoms with Crippen molar-refractivity contribution < 1.29 is 23.7 Å². The third-order valence-corrected chi connectivity index (χ3v) is 9.44. The number of ether oxygens (including phenoxy) is 4. The summed E-state index contributed by atoms with van der Waals surface area (Å²) in [5, 5.41) is 0. The number of allylic oxidation sites excluding steroid dienone is 1. The van der Waals surface area contributed by atoms with Gasteiger partial charge in [-0.05, 0) is 99.1 Å². The number of rotatable bonds is 19. The lowest BCUT2D eigenvalue weighted by molar-refractivity contribution is -0.130. The van der Waals surface area contributed by atoms with Crippen LogP contribution in [0.25, 0.3) is 11.1 Å². The van der Waals surface area contributed by atoms with Crippen LogP contribution in [-0.4, -0.2) is 31.9 Å². The number of benzene rings is 2. The van der Waals surface area contributed by atoms with Crippen molar-refractivity contribution in [3.8, 4) is 22.6 Å². The Kier molecular flexibility index (Phi) is 15.1. The van der Waals surface area contributed by atoms with Gasteiger partial charge >= 0.3 is 5.97 Å². The molecule has 4 rings (SSSR count). The van der Waals surface area contributed by atoms with Gasteiger partial charge in [0.05, 0.1) is 25.1 Å². The van der Waals surface area contributed by atoms with Crippen LogP contribution >= 0.6 is 0 Å². The van der Waals surface area contributed by atoms with E-state index >= 15 is 0 Å². The summed E-state index contributed by atoms with van der Waals surface area (Å²) in [6.45, 7) is 11.8. The van der Waals surface area contributed by atoms with Crippen molar-refractivity contribution in [2.45, 2.75) is 116 Å². The molecule has 2 aromatic carbocycles. The Morgan fingerprint density at radius 1 is 0.711 bits per heavy atom. The second kappa shape index (κ2) is 19.5. The van der Waals surface area contributed by atoms with Gasteiger partial charge in [-0.3, -0.25) is 0 Å².